The Balaban J connectivity index is 1.83. The van der Waals surface area contributed by atoms with E-state index in [0.29, 0.717) is 33.5 Å². The number of nitrogens with zero attached hydrogens (tertiary/aromatic N) is 1. The number of nitrogens with one attached hydrogen (secondary N) is 2. The average Bonchev–Trinajstić information content (AvgIpc) is 3.29. The van der Waals surface area contributed by atoms with Gasteiger partial charge in [0.05, 0.1) is 28.4 Å². The Morgan fingerprint density at radius 3 is 2.56 bits per heavy atom. The lowest BCUT2D eigenvalue weighted by Crippen LogP contribution is -2.45. The van der Waals surface area contributed by atoms with Crippen LogP contribution in [0.25, 0.3) is 17.0 Å². The molecular formula is C23H19N3O5S. The minimum atomic E-state index is -0.741. The van der Waals surface area contributed by atoms with Crippen LogP contribution in [0, 0.1) is 10.1 Å². The third kappa shape index (κ3) is 4.10. The molecular weight excluding hydrogens is 430 g/mol. The fourth-order valence-corrected chi connectivity index (χ4v) is 3.75. The molecule has 2 N–H and O–H groups in total. The summed E-state index contributed by atoms with van der Waals surface area (Å²) < 4.78 is 11.3. The third-order valence-electron chi connectivity index (χ3n) is 4.91. The van der Waals surface area contributed by atoms with Crippen molar-refractivity contribution < 1.29 is 18.9 Å². The number of nitro benzene ring substituents is 1. The molecule has 0 saturated heterocycles. The minimum Gasteiger partial charge on any atom is -0.463 e. The number of hydrogen-bond acceptors (Lipinski definition) is 6. The van der Waals surface area contributed by atoms with Gasteiger partial charge in [-0.05, 0) is 42.9 Å². The summed E-state index contributed by atoms with van der Waals surface area (Å²) in [6.07, 6.45) is 0. The molecule has 9 heteroatoms. The summed E-state index contributed by atoms with van der Waals surface area (Å²) in [6.45, 7) is 1.92. The molecule has 32 heavy (non-hydrogen) atoms. The van der Waals surface area contributed by atoms with Crippen LogP contribution in [0.2, 0.25) is 0 Å². The number of ether oxygens (including phenoxy) is 1. The number of rotatable bonds is 6. The van der Waals surface area contributed by atoms with Crippen LogP contribution < -0.4 is 10.6 Å². The van der Waals surface area contributed by atoms with E-state index in [0.717, 1.165) is 5.56 Å². The summed E-state index contributed by atoms with van der Waals surface area (Å²) in [4.78, 5) is 23.9. The fourth-order valence-electron chi connectivity index (χ4n) is 3.53. The molecule has 2 heterocycles. The fraction of sp³-hybridized carbons (Fsp3) is 0.130. The summed E-state index contributed by atoms with van der Waals surface area (Å²) in [6, 6.07) is 18.2. The number of benzene rings is 2. The molecule has 0 unspecified atom stereocenters. The summed E-state index contributed by atoms with van der Waals surface area (Å²) in [7, 11) is 0. The third-order valence-corrected chi connectivity index (χ3v) is 5.13. The van der Waals surface area contributed by atoms with Gasteiger partial charge in [-0.1, -0.05) is 42.5 Å². The van der Waals surface area contributed by atoms with Gasteiger partial charge in [0.15, 0.2) is 5.11 Å². The predicted octanol–water partition coefficient (Wildman–Crippen LogP) is 4.35. The summed E-state index contributed by atoms with van der Waals surface area (Å²) >= 11 is 5.38. The molecule has 2 aromatic carbocycles. The Morgan fingerprint density at radius 1 is 1.12 bits per heavy atom. The van der Waals surface area contributed by atoms with Gasteiger partial charge < -0.3 is 19.8 Å². The van der Waals surface area contributed by atoms with Crippen LogP contribution in [0.15, 0.2) is 76.7 Å². The van der Waals surface area contributed by atoms with Gasteiger partial charge in [-0.2, -0.15) is 0 Å². The van der Waals surface area contributed by atoms with Crippen LogP contribution in [-0.2, 0) is 9.53 Å². The molecule has 0 radical (unpaired) electrons. The van der Waals surface area contributed by atoms with E-state index in [1.54, 1.807) is 37.3 Å². The maximum Gasteiger partial charge on any atom is 0.338 e. The van der Waals surface area contributed by atoms with Gasteiger partial charge >= 0.3 is 5.97 Å². The first-order valence-corrected chi connectivity index (χ1v) is 10.3. The van der Waals surface area contributed by atoms with Gasteiger partial charge in [0.2, 0.25) is 0 Å². The number of furan rings is 1. The van der Waals surface area contributed by atoms with E-state index in [2.05, 4.69) is 10.6 Å². The van der Waals surface area contributed by atoms with E-state index in [4.69, 9.17) is 21.4 Å². The van der Waals surface area contributed by atoms with Crippen molar-refractivity contribution in [3.05, 3.63) is 93.7 Å². The van der Waals surface area contributed by atoms with Crippen LogP contribution >= 0.6 is 12.2 Å². The average molecular weight is 449 g/mol. The molecule has 0 spiro atoms. The van der Waals surface area contributed by atoms with Crippen LogP contribution in [0.5, 0.6) is 0 Å². The summed E-state index contributed by atoms with van der Waals surface area (Å²) in [5.41, 5.74) is 1.84. The summed E-state index contributed by atoms with van der Waals surface area (Å²) in [5, 5.41) is 17.8. The van der Waals surface area contributed by atoms with Crippen LogP contribution in [0.3, 0.4) is 0 Å². The van der Waals surface area contributed by atoms with E-state index in [1.165, 1.54) is 6.07 Å². The smallest absolute Gasteiger partial charge is 0.338 e. The van der Waals surface area contributed by atoms with Crippen molar-refractivity contribution in [1.29, 1.82) is 0 Å². The molecule has 1 atom stereocenters. The second kappa shape index (κ2) is 9.03. The SMILES string of the molecule is CCOC(=O)C1=C(c2ccccc2)NC(=S)N[C@H]1c1ccc(-c2ccccc2[N+](=O)[O-])o1. The van der Waals surface area contributed by atoms with Crippen molar-refractivity contribution in [3.63, 3.8) is 0 Å². The molecule has 0 fully saturated rings. The zero-order valence-corrected chi connectivity index (χ0v) is 17.8. The molecule has 0 amide bonds. The largest absolute Gasteiger partial charge is 0.463 e. The number of para-hydroxylation sites is 1. The first kappa shape index (κ1) is 21.3. The lowest BCUT2D eigenvalue weighted by atomic mass is 9.96. The van der Waals surface area contributed by atoms with Crippen molar-refractivity contribution >= 4 is 34.7 Å². The van der Waals surface area contributed by atoms with Gasteiger partial charge in [-0.15, -0.1) is 0 Å². The molecule has 0 saturated carbocycles. The van der Waals surface area contributed by atoms with E-state index in [9.17, 15) is 14.9 Å². The molecule has 4 rings (SSSR count). The zero-order chi connectivity index (χ0) is 22.7. The van der Waals surface area contributed by atoms with E-state index >= 15 is 0 Å². The number of thiocarbonyl (C=S) groups is 1. The zero-order valence-electron chi connectivity index (χ0n) is 17.0. The second-order valence-electron chi connectivity index (χ2n) is 6.88. The van der Waals surface area contributed by atoms with E-state index in [1.807, 2.05) is 30.3 Å². The monoisotopic (exact) mass is 449 g/mol. The van der Waals surface area contributed by atoms with Crippen LogP contribution in [-0.4, -0.2) is 22.6 Å². The van der Waals surface area contributed by atoms with Gasteiger partial charge in [0, 0.05) is 6.07 Å². The molecule has 162 valence electrons. The Kier molecular flexibility index (Phi) is 6.00. The molecule has 1 aliphatic rings. The minimum absolute atomic E-state index is 0.0756. The van der Waals surface area contributed by atoms with Crippen molar-refractivity contribution in [1.82, 2.24) is 10.6 Å². The first-order valence-electron chi connectivity index (χ1n) is 9.87. The highest BCUT2D eigenvalue weighted by Gasteiger charge is 2.35. The van der Waals surface area contributed by atoms with Crippen LogP contribution in [0.1, 0.15) is 24.3 Å². The van der Waals surface area contributed by atoms with Crippen molar-refractivity contribution in [2.24, 2.45) is 0 Å². The standard InChI is InChI=1S/C23H19N3O5S/c1-2-30-22(27)19-20(14-8-4-3-5-9-14)24-23(32)25-21(19)18-13-12-17(31-18)15-10-6-7-11-16(15)26(28)29/h3-13,21H,2H2,1H3,(H2,24,25,32)/t21-/m0/s1. The number of carbonyl (C=O) groups excluding carboxylic acids is 1. The number of carbonyl (C=O) groups is 1. The highest BCUT2D eigenvalue weighted by molar-refractivity contribution is 7.80. The Bertz CT molecular complexity index is 1220. The topological polar surface area (TPSA) is 107 Å². The van der Waals surface area contributed by atoms with Gasteiger partial charge in [0.1, 0.15) is 17.6 Å². The van der Waals surface area contributed by atoms with Crippen LogP contribution in [0.4, 0.5) is 5.69 Å². The second-order valence-corrected chi connectivity index (χ2v) is 7.29. The predicted molar refractivity (Wildman–Crippen MR) is 122 cm³/mol. The van der Waals surface area contributed by atoms with E-state index in [-0.39, 0.29) is 12.3 Å². The molecule has 3 aromatic rings. The quantitative estimate of drug-likeness (QED) is 0.248. The van der Waals surface area contributed by atoms with Crippen molar-refractivity contribution in [3.8, 4) is 11.3 Å². The number of esters is 1. The molecule has 0 bridgehead atoms. The molecule has 8 nitrogen and oxygen atoms in total. The lowest BCUT2D eigenvalue weighted by molar-refractivity contribution is -0.384. The van der Waals surface area contributed by atoms with Gasteiger partial charge in [-0.25, -0.2) is 4.79 Å². The Labute approximate surface area is 189 Å². The first-order chi connectivity index (χ1) is 15.5. The maximum absolute atomic E-state index is 13.0. The maximum atomic E-state index is 13.0. The molecule has 1 aromatic heterocycles. The molecule has 1 aliphatic heterocycles. The lowest BCUT2D eigenvalue weighted by Gasteiger charge is -2.29. The Morgan fingerprint density at radius 2 is 1.84 bits per heavy atom. The highest BCUT2D eigenvalue weighted by atomic mass is 32.1. The highest BCUT2D eigenvalue weighted by Crippen LogP contribution is 2.36. The normalized spacial score (nSPS) is 15.7. The van der Waals surface area contributed by atoms with Crippen molar-refractivity contribution in [2.75, 3.05) is 6.61 Å². The van der Waals surface area contributed by atoms with Crippen molar-refractivity contribution in [2.45, 2.75) is 13.0 Å². The Hall–Kier alpha value is -3.98. The molecule has 0 aliphatic carbocycles. The van der Waals surface area contributed by atoms with Gasteiger partial charge in [-0.3, -0.25) is 10.1 Å². The summed E-state index contributed by atoms with van der Waals surface area (Å²) in [5.74, 6) is 0.156. The van der Waals surface area contributed by atoms with Gasteiger partial charge in [0.25, 0.3) is 5.69 Å². The number of hydrogen-bond donors (Lipinski definition) is 2. The van der Waals surface area contributed by atoms with E-state index < -0.39 is 16.9 Å². The number of nitro groups is 1.